The molecule has 0 bridgehead atoms. The highest BCUT2D eigenvalue weighted by Crippen LogP contribution is 2.23. The van der Waals surface area contributed by atoms with Crippen LogP contribution < -0.4 is 10.1 Å². The van der Waals surface area contributed by atoms with Crippen molar-refractivity contribution in [3.05, 3.63) is 29.8 Å². The van der Waals surface area contributed by atoms with Crippen molar-refractivity contribution in [2.75, 3.05) is 32.8 Å². The van der Waals surface area contributed by atoms with Crippen LogP contribution in [0.5, 0.6) is 5.75 Å². The van der Waals surface area contributed by atoms with Gasteiger partial charge in [0.05, 0.1) is 6.61 Å². The first kappa shape index (κ1) is 14.4. The number of hydrogen-bond acceptors (Lipinski definition) is 3. The molecule has 106 valence electrons. The third-order valence-electron chi connectivity index (χ3n) is 3.65. The molecule has 1 heterocycles. The van der Waals surface area contributed by atoms with E-state index < -0.39 is 0 Å². The molecule has 0 saturated carbocycles. The van der Waals surface area contributed by atoms with Gasteiger partial charge >= 0.3 is 0 Å². The summed E-state index contributed by atoms with van der Waals surface area (Å²) >= 11 is 0. The Kier molecular flexibility index (Phi) is 5.23. The van der Waals surface area contributed by atoms with Crippen molar-refractivity contribution >= 4 is 0 Å². The van der Waals surface area contributed by atoms with Gasteiger partial charge in [-0.3, -0.25) is 4.90 Å². The molecule has 0 radical (unpaired) electrons. The number of hydrogen-bond donors (Lipinski definition) is 1. The number of ether oxygens (including phenoxy) is 1. The van der Waals surface area contributed by atoms with Gasteiger partial charge in [-0.15, -0.1) is 0 Å². The third kappa shape index (κ3) is 4.22. The Bertz CT molecular complexity index is 369. The first-order chi connectivity index (χ1) is 9.16. The maximum absolute atomic E-state index is 5.72. The van der Waals surface area contributed by atoms with Crippen LogP contribution in [0.2, 0.25) is 0 Å². The van der Waals surface area contributed by atoms with Gasteiger partial charge in [0.25, 0.3) is 0 Å². The summed E-state index contributed by atoms with van der Waals surface area (Å²) in [6, 6.07) is 9.07. The summed E-state index contributed by atoms with van der Waals surface area (Å²) in [5.41, 5.74) is 1.37. The summed E-state index contributed by atoms with van der Waals surface area (Å²) in [5, 5.41) is 3.40. The quantitative estimate of drug-likeness (QED) is 0.883. The van der Waals surface area contributed by atoms with Crippen molar-refractivity contribution < 1.29 is 4.74 Å². The number of rotatable bonds is 5. The highest BCUT2D eigenvalue weighted by Gasteiger charge is 2.17. The first-order valence-corrected chi connectivity index (χ1v) is 7.34. The lowest BCUT2D eigenvalue weighted by atomic mass is 10.1. The van der Waals surface area contributed by atoms with Crippen molar-refractivity contribution in [1.82, 2.24) is 10.2 Å². The zero-order valence-electron chi connectivity index (χ0n) is 12.4. The standard InChI is InChI=1S/C16H26N2O/c1-13(2)12-19-16-6-4-15(5-7-16)14(3)18-10-8-17-9-11-18/h4-7,13-14,17H,8-12H2,1-3H3. The van der Waals surface area contributed by atoms with Gasteiger partial charge in [0.1, 0.15) is 5.75 Å². The molecule has 1 aromatic rings. The second-order valence-corrected chi connectivity index (χ2v) is 5.74. The van der Waals surface area contributed by atoms with E-state index in [9.17, 15) is 0 Å². The largest absolute Gasteiger partial charge is 0.493 e. The Morgan fingerprint density at radius 1 is 1.11 bits per heavy atom. The van der Waals surface area contributed by atoms with Crippen LogP contribution in [0.15, 0.2) is 24.3 Å². The molecule has 2 rings (SSSR count). The van der Waals surface area contributed by atoms with Crippen molar-refractivity contribution in [1.29, 1.82) is 0 Å². The van der Waals surface area contributed by atoms with Crippen LogP contribution in [-0.4, -0.2) is 37.7 Å². The number of nitrogens with zero attached hydrogens (tertiary/aromatic N) is 1. The molecule has 0 aliphatic carbocycles. The van der Waals surface area contributed by atoms with E-state index in [1.807, 2.05) is 0 Å². The van der Waals surface area contributed by atoms with Crippen molar-refractivity contribution in [2.24, 2.45) is 5.92 Å². The van der Waals surface area contributed by atoms with Crippen LogP contribution in [0.4, 0.5) is 0 Å². The summed E-state index contributed by atoms with van der Waals surface area (Å²) in [6.07, 6.45) is 0. The molecule has 1 unspecified atom stereocenters. The second-order valence-electron chi connectivity index (χ2n) is 5.74. The normalized spacial score (nSPS) is 18.5. The molecule has 0 aromatic heterocycles. The molecule has 3 heteroatoms. The zero-order valence-corrected chi connectivity index (χ0v) is 12.4. The molecule has 1 aliphatic rings. The Labute approximate surface area is 116 Å². The van der Waals surface area contributed by atoms with Crippen molar-refractivity contribution in [2.45, 2.75) is 26.8 Å². The van der Waals surface area contributed by atoms with E-state index in [1.54, 1.807) is 0 Å². The Hall–Kier alpha value is -1.06. The van der Waals surface area contributed by atoms with Crippen LogP contribution in [-0.2, 0) is 0 Å². The SMILES string of the molecule is CC(C)COc1ccc(C(C)N2CCNCC2)cc1. The highest BCUT2D eigenvalue weighted by atomic mass is 16.5. The summed E-state index contributed by atoms with van der Waals surface area (Å²) in [6.45, 7) is 11.9. The monoisotopic (exact) mass is 262 g/mol. The van der Waals surface area contributed by atoms with Gasteiger partial charge in [-0.25, -0.2) is 0 Å². The lowest BCUT2D eigenvalue weighted by Crippen LogP contribution is -2.44. The van der Waals surface area contributed by atoms with Gasteiger partial charge in [0.15, 0.2) is 0 Å². The van der Waals surface area contributed by atoms with E-state index in [1.165, 1.54) is 5.56 Å². The molecule has 1 fully saturated rings. The van der Waals surface area contributed by atoms with E-state index in [-0.39, 0.29) is 0 Å². The Morgan fingerprint density at radius 2 is 1.74 bits per heavy atom. The second kappa shape index (κ2) is 6.92. The summed E-state index contributed by atoms with van der Waals surface area (Å²) in [7, 11) is 0. The summed E-state index contributed by atoms with van der Waals surface area (Å²) in [4.78, 5) is 2.53. The molecule has 1 saturated heterocycles. The fourth-order valence-electron chi connectivity index (χ4n) is 2.39. The van der Waals surface area contributed by atoms with Crippen LogP contribution in [0.25, 0.3) is 0 Å². The predicted molar refractivity (Wildman–Crippen MR) is 79.6 cm³/mol. The number of benzene rings is 1. The topological polar surface area (TPSA) is 24.5 Å². The fourth-order valence-corrected chi connectivity index (χ4v) is 2.39. The van der Waals surface area contributed by atoms with Gasteiger partial charge in [0.2, 0.25) is 0 Å². The van der Waals surface area contributed by atoms with Gasteiger partial charge in [-0.2, -0.15) is 0 Å². The van der Waals surface area contributed by atoms with Crippen LogP contribution in [0.1, 0.15) is 32.4 Å². The highest BCUT2D eigenvalue weighted by molar-refractivity contribution is 5.29. The van der Waals surface area contributed by atoms with Gasteiger partial charge in [-0.05, 0) is 30.5 Å². The summed E-state index contributed by atoms with van der Waals surface area (Å²) < 4.78 is 5.72. The smallest absolute Gasteiger partial charge is 0.119 e. The molecule has 19 heavy (non-hydrogen) atoms. The molecule has 1 N–H and O–H groups in total. The van der Waals surface area contributed by atoms with Crippen LogP contribution in [0, 0.1) is 5.92 Å². The lowest BCUT2D eigenvalue weighted by molar-refractivity contribution is 0.185. The minimum absolute atomic E-state index is 0.487. The molecule has 1 aromatic carbocycles. The molecule has 1 aliphatic heterocycles. The van der Waals surface area contributed by atoms with Crippen LogP contribution in [0.3, 0.4) is 0 Å². The molecular weight excluding hydrogens is 236 g/mol. The molecule has 1 atom stereocenters. The number of nitrogens with one attached hydrogen (secondary N) is 1. The minimum Gasteiger partial charge on any atom is -0.493 e. The molecule has 0 spiro atoms. The van der Waals surface area contributed by atoms with Crippen LogP contribution >= 0.6 is 0 Å². The Balaban J connectivity index is 1.93. The van der Waals surface area contributed by atoms with Gasteiger partial charge < -0.3 is 10.1 Å². The van der Waals surface area contributed by atoms with Gasteiger partial charge in [-0.1, -0.05) is 26.0 Å². The van der Waals surface area contributed by atoms with E-state index in [0.717, 1.165) is 38.5 Å². The molecule has 3 nitrogen and oxygen atoms in total. The fraction of sp³-hybridized carbons (Fsp3) is 0.625. The van der Waals surface area contributed by atoms with E-state index in [0.29, 0.717) is 12.0 Å². The first-order valence-electron chi connectivity index (χ1n) is 7.34. The predicted octanol–water partition coefficient (Wildman–Crippen LogP) is 2.69. The molecule has 0 amide bonds. The summed E-state index contributed by atoms with van der Waals surface area (Å²) in [5.74, 6) is 1.55. The Morgan fingerprint density at radius 3 is 2.32 bits per heavy atom. The number of piperazine rings is 1. The maximum atomic E-state index is 5.72. The van der Waals surface area contributed by atoms with E-state index >= 15 is 0 Å². The zero-order chi connectivity index (χ0) is 13.7. The average molecular weight is 262 g/mol. The van der Waals surface area contributed by atoms with Gasteiger partial charge in [0, 0.05) is 32.2 Å². The maximum Gasteiger partial charge on any atom is 0.119 e. The molecular formula is C16H26N2O. The van der Waals surface area contributed by atoms with E-state index in [4.69, 9.17) is 4.74 Å². The average Bonchev–Trinajstić information content (AvgIpc) is 2.46. The lowest BCUT2D eigenvalue weighted by Gasteiger charge is -2.33. The van der Waals surface area contributed by atoms with E-state index in [2.05, 4.69) is 55.3 Å². The third-order valence-corrected chi connectivity index (χ3v) is 3.65. The van der Waals surface area contributed by atoms with Crippen molar-refractivity contribution in [3.8, 4) is 5.75 Å². The minimum atomic E-state index is 0.487. The van der Waals surface area contributed by atoms with Crippen molar-refractivity contribution in [3.63, 3.8) is 0 Å².